The molecule has 5 heteroatoms. The molecule has 0 atom stereocenters. The number of carbonyl (C=O) groups excluding carboxylic acids is 1. The van der Waals surface area contributed by atoms with Crippen LogP contribution < -0.4 is 5.73 Å². The number of imidazole rings is 1. The molecule has 2 aromatic carbocycles. The van der Waals surface area contributed by atoms with Gasteiger partial charge in [0.2, 0.25) is 0 Å². The number of fused-ring (bicyclic) bond motifs is 1. The molecule has 0 aliphatic carbocycles. The monoisotopic (exact) mass is 337 g/mol. The van der Waals surface area contributed by atoms with Gasteiger partial charge in [-0.1, -0.05) is 30.3 Å². The molecule has 0 unspecified atom stereocenters. The Labute approximate surface area is 147 Å². The summed E-state index contributed by atoms with van der Waals surface area (Å²) in [7, 11) is 0. The Balaban J connectivity index is 1.99. The quantitative estimate of drug-likeness (QED) is 0.584. The van der Waals surface area contributed by atoms with E-state index < -0.39 is 5.60 Å². The average molecular weight is 337 g/mol. The maximum Gasteiger partial charge on any atom is 0.326 e. The van der Waals surface area contributed by atoms with Crippen LogP contribution in [0.1, 0.15) is 32.2 Å². The van der Waals surface area contributed by atoms with Gasteiger partial charge in [-0.15, -0.1) is 0 Å². The van der Waals surface area contributed by atoms with E-state index in [-0.39, 0.29) is 12.5 Å². The van der Waals surface area contributed by atoms with E-state index >= 15 is 0 Å². The van der Waals surface area contributed by atoms with Crippen molar-refractivity contribution < 1.29 is 9.53 Å². The van der Waals surface area contributed by atoms with Crippen molar-refractivity contribution in [1.29, 1.82) is 0 Å². The lowest BCUT2D eigenvalue weighted by atomic mass is 10.1. The van der Waals surface area contributed by atoms with Crippen molar-refractivity contribution in [3.05, 3.63) is 59.9 Å². The predicted octanol–water partition coefficient (Wildman–Crippen LogP) is 3.55. The maximum absolute atomic E-state index is 12.4. The molecular formula is C20H23N3O2. The summed E-state index contributed by atoms with van der Waals surface area (Å²) in [6.45, 7) is 5.69. The molecule has 0 spiro atoms. The summed E-state index contributed by atoms with van der Waals surface area (Å²) >= 11 is 0. The number of hydrogen-bond acceptors (Lipinski definition) is 4. The lowest BCUT2D eigenvalue weighted by molar-refractivity contribution is -0.155. The summed E-state index contributed by atoms with van der Waals surface area (Å²) in [6, 6.07) is 15.6. The van der Waals surface area contributed by atoms with E-state index in [2.05, 4.69) is 0 Å². The van der Waals surface area contributed by atoms with Gasteiger partial charge in [0.1, 0.15) is 18.0 Å². The van der Waals surface area contributed by atoms with Crippen LogP contribution in [0.2, 0.25) is 0 Å². The fourth-order valence-electron chi connectivity index (χ4n) is 2.78. The van der Waals surface area contributed by atoms with Gasteiger partial charge in [-0.3, -0.25) is 4.79 Å². The molecule has 0 aliphatic rings. The zero-order valence-electron chi connectivity index (χ0n) is 14.8. The summed E-state index contributed by atoms with van der Waals surface area (Å²) in [5, 5.41) is 0. The van der Waals surface area contributed by atoms with Crippen LogP contribution in [0.4, 0.5) is 5.69 Å². The van der Waals surface area contributed by atoms with Crippen molar-refractivity contribution in [1.82, 2.24) is 9.55 Å². The minimum atomic E-state index is -0.522. The van der Waals surface area contributed by atoms with Crippen LogP contribution in [0.15, 0.2) is 48.5 Å². The zero-order chi connectivity index (χ0) is 18.0. The molecule has 0 amide bonds. The number of nitrogen functional groups attached to an aromatic ring is 1. The predicted molar refractivity (Wildman–Crippen MR) is 99.2 cm³/mol. The molecular weight excluding hydrogens is 314 g/mol. The molecule has 0 aliphatic heterocycles. The number of benzene rings is 2. The lowest BCUT2D eigenvalue weighted by Gasteiger charge is -2.20. The van der Waals surface area contributed by atoms with Gasteiger partial charge in [-0.25, -0.2) is 4.98 Å². The number of nitrogens with two attached hydrogens (primary N) is 1. The molecule has 2 N–H and O–H groups in total. The molecule has 3 aromatic rings. The number of rotatable bonds is 4. The van der Waals surface area contributed by atoms with E-state index in [4.69, 9.17) is 15.5 Å². The summed E-state index contributed by atoms with van der Waals surface area (Å²) in [5.74, 6) is 0.529. The van der Waals surface area contributed by atoms with Crippen molar-refractivity contribution in [3.63, 3.8) is 0 Å². The van der Waals surface area contributed by atoms with Crippen LogP contribution >= 0.6 is 0 Å². The van der Waals surface area contributed by atoms with E-state index in [1.54, 1.807) is 0 Å². The first kappa shape index (κ1) is 17.0. The lowest BCUT2D eigenvalue weighted by Crippen LogP contribution is -2.27. The Morgan fingerprint density at radius 2 is 1.88 bits per heavy atom. The minimum Gasteiger partial charge on any atom is -0.459 e. The number of nitrogens with zero attached hydrogens (tertiary/aromatic N) is 2. The number of aromatic nitrogens is 2. The summed E-state index contributed by atoms with van der Waals surface area (Å²) in [5.41, 5.74) is 8.85. The van der Waals surface area contributed by atoms with Gasteiger partial charge in [0.15, 0.2) is 0 Å². The van der Waals surface area contributed by atoms with E-state index in [0.717, 1.165) is 22.4 Å². The Morgan fingerprint density at radius 3 is 2.56 bits per heavy atom. The van der Waals surface area contributed by atoms with Crippen molar-refractivity contribution >= 4 is 22.7 Å². The van der Waals surface area contributed by atoms with Gasteiger partial charge in [0.05, 0.1) is 11.0 Å². The number of carbonyl (C=O) groups is 1. The fraction of sp³-hybridized carbons (Fsp3) is 0.300. The number of hydrogen-bond donors (Lipinski definition) is 1. The van der Waals surface area contributed by atoms with Gasteiger partial charge in [-0.2, -0.15) is 0 Å². The molecule has 0 bridgehead atoms. The molecule has 0 fully saturated rings. The third kappa shape index (κ3) is 4.18. The Bertz CT molecular complexity index is 892. The van der Waals surface area contributed by atoms with Crippen LogP contribution in [-0.4, -0.2) is 21.1 Å². The average Bonchev–Trinajstić information content (AvgIpc) is 2.84. The van der Waals surface area contributed by atoms with E-state index in [0.29, 0.717) is 12.1 Å². The van der Waals surface area contributed by atoms with Crippen LogP contribution in [0.25, 0.3) is 11.0 Å². The Kier molecular flexibility index (Phi) is 4.49. The molecule has 130 valence electrons. The van der Waals surface area contributed by atoms with Gasteiger partial charge in [0.25, 0.3) is 0 Å². The maximum atomic E-state index is 12.4. The minimum absolute atomic E-state index is 0.111. The van der Waals surface area contributed by atoms with Crippen LogP contribution in [0.3, 0.4) is 0 Å². The molecule has 25 heavy (non-hydrogen) atoms. The number of esters is 1. The normalized spacial score (nSPS) is 11.6. The van der Waals surface area contributed by atoms with Crippen LogP contribution in [0.5, 0.6) is 0 Å². The first-order valence-corrected chi connectivity index (χ1v) is 8.32. The van der Waals surface area contributed by atoms with Crippen molar-refractivity contribution in [3.8, 4) is 0 Å². The topological polar surface area (TPSA) is 70.1 Å². The smallest absolute Gasteiger partial charge is 0.326 e. The summed E-state index contributed by atoms with van der Waals surface area (Å²) in [6.07, 6.45) is 0.637. The van der Waals surface area contributed by atoms with Gasteiger partial charge >= 0.3 is 5.97 Å². The second-order valence-electron chi connectivity index (χ2n) is 7.11. The van der Waals surface area contributed by atoms with E-state index in [9.17, 15) is 4.79 Å². The fourth-order valence-corrected chi connectivity index (χ4v) is 2.78. The first-order chi connectivity index (χ1) is 11.8. The number of ether oxygens (including phenoxy) is 1. The van der Waals surface area contributed by atoms with Gasteiger partial charge in [-0.05, 0) is 44.5 Å². The third-order valence-electron chi connectivity index (χ3n) is 3.76. The zero-order valence-corrected chi connectivity index (χ0v) is 14.8. The highest BCUT2D eigenvalue weighted by Crippen LogP contribution is 2.22. The van der Waals surface area contributed by atoms with E-state index in [1.165, 1.54) is 0 Å². The second-order valence-corrected chi connectivity index (χ2v) is 7.11. The summed E-state index contributed by atoms with van der Waals surface area (Å²) in [4.78, 5) is 17.1. The first-order valence-electron chi connectivity index (χ1n) is 8.32. The molecule has 0 saturated heterocycles. The van der Waals surface area contributed by atoms with Crippen molar-refractivity contribution in [2.24, 2.45) is 0 Å². The standard InChI is InChI=1S/C20H23N3O2/c1-20(2,3)25-19(24)13-23-17-12-15(21)9-10-16(17)22-18(23)11-14-7-5-4-6-8-14/h4-10,12H,11,13,21H2,1-3H3. The van der Waals surface area contributed by atoms with Gasteiger partial charge in [0, 0.05) is 12.1 Å². The SMILES string of the molecule is CC(C)(C)OC(=O)Cn1c(Cc2ccccc2)nc2ccc(N)cc21. The van der Waals surface area contributed by atoms with E-state index in [1.807, 2.05) is 73.9 Å². The Hall–Kier alpha value is -2.82. The molecule has 0 radical (unpaired) electrons. The van der Waals surface area contributed by atoms with Crippen molar-refractivity contribution in [2.75, 3.05) is 5.73 Å². The second kappa shape index (κ2) is 6.59. The molecule has 5 nitrogen and oxygen atoms in total. The highest BCUT2D eigenvalue weighted by molar-refractivity contribution is 5.82. The van der Waals surface area contributed by atoms with Crippen LogP contribution in [-0.2, 0) is 22.5 Å². The highest BCUT2D eigenvalue weighted by atomic mass is 16.6. The molecule has 0 saturated carbocycles. The van der Waals surface area contributed by atoms with Crippen LogP contribution in [0, 0.1) is 0 Å². The highest BCUT2D eigenvalue weighted by Gasteiger charge is 2.20. The summed E-state index contributed by atoms with van der Waals surface area (Å²) < 4.78 is 7.37. The van der Waals surface area contributed by atoms with Crippen molar-refractivity contribution in [2.45, 2.75) is 39.3 Å². The van der Waals surface area contributed by atoms with Gasteiger partial charge < -0.3 is 15.0 Å². The molecule has 1 aromatic heterocycles. The number of anilines is 1. The third-order valence-corrected chi connectivity index (χ3v) is 3.76. The molecule has 3 rings (SSSR count). The molecule has 1 heterocycles. The largest absolute Gasteiger partial charge is 0.459 e. The Morgan fingerprint density at radius 1 is 1.16 bits per heavy atom.